The number of unbranched alkanes of at least 4 members (excludes halogenated alkanes) is 40. The van der Waals surface area contributed by atoms with Gasteiger partial charge in [-0.05, 0) is 77.0 Å². The van der Waals surface area contributed by atoms with Crippen molar-refractivity contribution in [1.82, 2.24) is 5.32 Å². The summed E-state index contributed by atoms with van der Waals surface area (Å²) in [5.41, 5.74) is 0. The molecule has 3 unspecified atom stereocenters. The van der Waals surface area contributed by atoms with Gasteiger partial charge in [0.2, 0.25) is 5.91 Å². The number of aliphatic hydroxyl groups is 1. The SMILES string of the molecule is CCCCCCC/C=C\C/C=C\CCCCCCCCCCCCCCCCCCCCCCCCCC(=O)NC(COP(=O)(O)OCC[N+](C)(C)C)C(O)/C=C/CC/C=C/CC/C=C/CCCCCCCCCCCC. The summed E-state index contributed by atoms with van der Waals surface area (Å²) >= 11 is 0. The third-order valence-electron chi connectivity index (χ3n) is 14.9. The fourth-order valence-corrected chi connectivity index (χ4v) is 10.5. The lowest BCUT2D eigenvalue weighted by atomic mass is 10.0. The lowest BCUT2D eigenvalue weighted by Crippen LogP contribution is -2.45. The molecule has 0 aromatic heterocycles. The van der Waals surface area contributed by atoms with Gasteiger partial charge in [-0.2, -0.15) is 0 Å². The predicted molar refractivity (Wildman–Crippen MR) is 337 cm³/mol. The third-order valence-corrected chi connectivity index (χ3v) is 15.9. The molecule has 0 aliphatic heterocycles. The van der Waals surface area contributed by atoms with Crippen LogP contribution in [0.3, 0.4) is 0 Å². The number of allylic oxidation sites excluding steroid dienone is 9. The number of amides is 1. The minimum absolute atomic E-state index is 0.0537. The van der Waals surface area contributed by atoms with E-state index in [-0.39, 0.29) is 19.1 Å². The van der Waals surface area contributed by atoms with Gasteiger partial charge in [-0.3, -0.25) is 13.8 Å². The van der Waals surface area contributed by atoms with Crippen LogP contribution < -0.4 is 5.32 Å². The minimum atomic E-state index is -4.36. The molecule has 0 aromatic carbocycles. The Morgan fingerprint density at radius 1 is 0.442 bits per heavy atom. The van der Waals surface area contributed by atoms with Crippen molar-refractivity contribution in [2.75, 3.05) is 40.9 Å². The number of hydrogen-bond donors (Lipinski definition) is 3. The molecule has 3 N–H and O–H groups in total. The van der Waals surface area contributed by atoms with E-state index in [0.717, 1.165) is 51.4 Å². The second kappa shape index (κ2) is 58.8. The summed E-state index contributed by atoms with van der Waals surface area (Å²) in [7, 11) is 1.55. The van der Waals surface area contributed by atoms with Gasteiger partial charge in [0, 0.05) is 6.42 Å². The number of aliphatic hydroxyl groups excluding tert-OH is 1. The van der Waals surface area contributed by atoms with Gasteiger partial charge < -0.3 is 19.8 Å². The average Bonchev–Trinajstić information content (AvgIpc) is 3.39. The maximum absolute atomic E-state index is 13.0. The molecule has 77 heavy (non-hydrogen) atoms. The first-order valence-electron chi connectivity index (χ1n) is 33.2. The lowest BCUT2D eigenvalue weighted by Gasteiger charge is -2.25. The van der Waals surface area contributed by atoms with E-state index in [0.29, 0.717) is 17.4 Å². The zero-order chi connectivity index (χ0) is 56.3. The Labute approximate surface area is 479 Å². The van der Waals surface area contributed by atoms with E-state index in [4.69, 9.17) is 9.05 Å². The largest absolute Gasteiger partial charge is 0.472 e. The molecule has 0 radical (unpaired) electrons. The van der Waals surface area contributed by atoms with E-state index in [1.54, 1.807) is 6.08 Å². The van der Waals surface area contributed by atoms with Crippen LogP contribution in [-0.4, -0.2) is 73.4 Å². The summed E-state index contributed by atoms with van der Waals surface area (Å²) in [4.78, 5) is 23.4. The lowest BCUT2D eigenvalue weighted by molar-refractivity contribution is -0.870. The molecular weight excluding hydrogens is 972 g/mol. The number of carbonyl (C=O) groups is 1. The number of carbonyl (C=O) groups excluding carboxylic acids is 1. The van der Waals surface area contributed by atoms with Crippen molar-refractivity contribution >= 4 is 13.7 Å². The summed E-state index contributed by atoms with van der Waals surface area (Å²) in [6, 6.07) is -0.871. The van der Waals surface area contributed by atoms with E-state index in [1.165, 1.54) is 244 Å². The zero-order valence-corrected chi connectivity index (χ0v) is 52.6. The number of phosphoric ester groups is 1. The van der Waals surface area contributed by atoms with Crippen LogP contribution >= 0.6 is 7.82 Å². The van der Waals surface area contributed by atoms with Crippen molar-refractivity contribution in [3.05, 3.63) is 60.8 Å². The summed E-state index contributed by atoms with van der Waals surface area (Å²) in [5, 5.41) is 13.9. The topological polar surface area (TPSA) is 105 Å². The number of phosphoric acid groups is 1. The fourth-order valence-electron chi connectivity index (χ4n) is 9.75. The van der Waals surface area contributed by atoms with E-state index >= 15 is 0 Å². The molecule has 0 aromatic rings. The first-order chi connectivity index (χ1) is 37.5. The van der Waals surface area contributed by atoms with Gasteiger partial charge in [0.25, 0.3) is 0 Å². The number of likely N-dealkylation sites (N-methyl/N-ethyl adjacent to an activating group) is 1. The fraction of sp³-hybridized carbons (Fsp3) is 0.838. The van der Waals surface area contributed by atoms with E-state index in [9.17, 15) is 19.4 Å². The number of nitrogens with one attached hydrogen (secondary N) is 1. The van der Waals surface area contributed by atoms with E-state index in [1.807, 2.05) is 27.2 Å². The van der Waals surface area contributed by atoms with Gasteiger partial charge in [0.1, 0.15) is 13.2 Å². The Kier molecular flexibility index (Phi) is 57.5. The second-order valence-corrected chi connectivity index (χ2v) is 25.3. The summed E-state index contributed by atoms with van der Waals surface area (Å²) in [5.74, 6) is -0.186. The monoisotopic (exact) mass is 1100 g/mol. The van der Waals surface area contributed by atoms with Crippen LogP contribution in [0.15, 0.2) is 60.8 Å². The van der Waals surface area contributed by atoms with Gasteiger partial charge >= 0.3 is 7.82 Å². The van der Waals surface area contributed by atoms with E-state index < -0.39 is 20.0 Å². The molecule has 0 bridgehead atoms. The summed E-state index contributed by atoms with van der Waals surface area (Å²) < 4.78 is 23.7. The Hall–Kier alpha value is -1.80. The molecule has 0 fully saturated rings. The smallest absolute Gasteiger partial charge is 0.387 e. The standard InChI is InChI=1S/C68H129N2O6P/c1-6-8-10-12-14-16-18-20-22-24-26-28-29-30-31-32-33-34-35-36-37-38-39-40-41-42-44-46-48-50-52-54-56-58-60-62-68(72)69-66(65-76-77(73,74)75-64-63-70(3,4)5)67(71)61-59-57-55-53-51-49-47-45-43-27-25-23-21-19-17-15-13-11-9-7-2/h18,20,24,26,43,45,51,53,59,61,66-67,71H,6-17,19,21-23,25,27-42,44,46-50,52,54-58,60,62-65H2,1-5H3,(H-,69,72,73,74)/p+1/b20-18-,26-24-,45-43+,53-51+,61-59+. The molecule has 3 atom stereocenters. The van der Waals surface area contributed by atoms with Crippen LogP contribution in [0.25, 0.3) is 0 Å². The average molecular weight is 1100 g/mol. The molecule has 9 heteroatoms. The Morgan fingerprint density at radius 3 is 1.12 bits per heavy atom. The Balaban J connectivity index is 4.05. The highest BCUT2D eigenvalue weighted by molar-refractivity contribution is 7.47. The van der Waals surface area contributed by atoms with Crippen molar-refractivity contribution in [3.8, 4) is 0 Å². The number of rotatable bonds is 61. The minimum Gasteiger partial charge on any atom is -0.387 e. The molecule has 8 nitrogen and oxygen atoms in total. The van der Waals surface area contributed by atoms with Crippen LogP contribution in [-0.2, 0) is 18.4 Å². The Bertz CT molecular complexity index is 1440. The number of hydrogen-bond acceptors (Lipinski definition) is 5. The van der Waals surface area contributed by atoms with Crippen molar-refractivity contribution in [1.29, 1.82) is 0 Å². The molecule has 0 aliphatic rings. The predicted octanol–water partition coefficient (Wildman–Crippen LogP) is 20.8. The first kappa shape index (κ1) is 75.2. The molecule has 452 valence electrons. The number of quaternary nitrogens is 1. The molecule has 0 aliphatic carbocycles. The van der Waals surface area contributed by atoms with Crippen LogP contribution in [0.2, 0.25) is 0 Å². The van der Waals surface area contributed by atoms with Crippen molar-refractivity contribution in [2.24, 2.45) is 0 Å². The van der Waals surface area contributed by atoms with Gasteiger partial charge in [-0.1, -0.05) is 293 Å². The van der Waals surface area contributed by atoms with Crippen LogP contribution in [0.4, 0.5) is 0 Å². The molecule has 0 saturated heterocycles. The van der Waals surface area contributed by atoms with Crippen LogP contribution in [0.5, 0.6) is 0 Å². The molecule has 1 amide bonds. The molecule has 0 saturated carbocycles. The van der Waals surface area contributed by atoms with Crippen molar-refractivity contribution in [3.63, 3.8) is 0 Å². The molecule has 0 rings (SSSR count). The Morgan fingerprint density at radius 2 is 0.753 bits per heavy atom. The summed E-state index contributed by atoms with van der Waals surface area (Å²) in [6.07, 6.45) is 80.8. The summed E-state index contributed by atoms with van der Waals surface area (Å²) in [6.45, 7) is 4.81. The molecule has 0 heterocycles. The maximum atomic E-state index is 13.0. The van der Waals surface area contributed by atoms with Gasteiger partial charge in [0.05, 0.1) is 39.9 Å². The van der Waals surface area contributed by atoms with Crippen molar-refractivity contribution in [2.45, 2.75) is 328 Å². The van der Waals surface area contributed by atoms with Gasteiger partial charge in [-0.15, -0.1) is 0 Å². The van der Waals surface area contributed by atoms with Crippen LogP contribution in [0, 0.1) is 0 Å². The second-order valence-electron chi connectivity index (χ2n) is 23.8. The highest BCUT2D eigenvalue weighted by Crippen LogP contribution is 2.43. The van der Waals surface area contributed by atoms with Crippen molar-refractivity contribution < 1.29 is 32.9 Å². The van der Waals surface area contributed by atoms with Gasteiger partial charge in [0.15, 0.2) is 0 Å². The van der Waals surface area contributed by atoms with Crippen LogP contribution in [0.1, 0.15) is 316 Å². The first-order valence-corrected chi connectivity index (χ1v) is 34.7. The number of nitrogens with zero attached hydrogens (tertiary/aromatic N) is 1. The third kappa shape index (κ3) is 61.7. The highest BCUT2D eigenvalue weighted by Gasteiger charge is 2.28. The zero-order valence-electron chi connectivity index (χ0n) is 51.7. The molecule has 0 spiro atoms. The highest BCUT2D eigenvalue weighted by atomic mass is 31.2. The van der Waals surface area contributed by atoms with Gasteiger partial charge in [-0.25, -0.2) is 4.57 Å². The molecular formula is C68H130N2O6P+. The quantitative estimate of drug-likeness (QED) is 0.0243. The van der Waals surface area contributed by atoms with E-state index in [2.05, 4.69) is 67.8 Å². The normalized spacial score (nSPS) is 14.1. The maximum Gasteiger partial charge on any atom is 0.472 e.